The molecule has 0 spiro atoms. The molecule has 0 aliphatic carbocycles. The van der Waals surface area contributed by atoms with Crippen LogP contribution >= 0.6 is 0 Å². The fourth-order valence-electron chi connectivity index (χ4n) is 1.75. The van der Waals surface area contributed by atoms with Crippen molar-refractivity contribution in [2.45, 2.75) is 19.6 Å². The monoisotopic (exact) mass is 234 g/mol. The van der Waals surface area contributed by atoms with E-state index in [0.29, 0.717) is 24.4 Å². The Kier molecular flexibility index (Phi) is 4.95. The number of ether oxygens (including phenoxy) is 1. The van der Waals surface area contributed by atoms with Crippen LogP contribution in [0.15, 0.2) is 18.2 Å². The van der Waals surface area contributed by atoms with Gasteiger partial charge in [-0.1, -0.05) is 6.07 Å². The zero-order chi connectivity index (χ0) is 12.8. The Hall–Kier alpha value is -1.57. The molecule has 1 aromatic carbocycles. The Morgan fingerprint density at radius 1 is 1.53 bits per heavy atom. The van der Waals surface area contributed by atoms with Gasteiger partial charge in [-0.25, -0.2) is 0 Å². The van der Waals surface area contributed by atoms with Gasteiger partial charge in [-0.15, -0.1) is 0 Å². The van der Waals surface area contributed by atoms with E-state index in [9.17, 15) is 5.11 Å². The van der Waals surface area contributed by atoms with Crippen molar-refractivity contribution in [3.05, 3.63) is 29.3 Å². The number of rotatable bonds is 5. The Morgan fingerprint density at radius 3 is 2.76 bits per heavy atom. The standard InChI is InChI=1S/C13H18N2O2/c1-10(16)8-15(2)9-11-4-5-12(7-14)13(6-11)17-3/h4-6,10,16H,8-9H2,1-3H3. The Labute approximate surface area is 102 Å². The van der Waals surface area contributed by atoms with Crippen LogP contribution in [-0.2, 0) is 6.54 Å². The van der Waals surface area contributed by atoms with E-state index in [1.54, 1.807) is 20.1 Å². The van der Waals surface area contributed by atoms with Gasteiger partial charge in [0.05, 0.1) is 18.8 Å². The molecule has 1 unspecified atom stereocenters. The first kappa shape index (κ1) is 13.5. The summed E-state index contributed by atoms with van der Waals surface area (Å²) in [6, 6.07) is 7.60. The molecule has 1 aromatic rings. The summed E-state index contributed by atoms with van der Waals surface area (Å²) < 4.78 is 5.15. The van der Waals surface area contributed by atoms with Crippen molar-refractivity contribution in [3.63, 3.8) is 0 Å². The molecule has 4 nitrogen and oxygen atoms in total. The van der Waals surface area contributed by atoms with E-state index < -0.39 is 0 Å². The second-order valence-corrected chi connectivity index (χ2v) is 4.19. The first-order valence-corrected chi connectivity index (χ1v) is 5.50. The van der Waals surface area contributed by atoms with Crippen molar-refractivity contribution in [1.82, 2.24) is 4.90 Å². The second-order valence-electron chi connectivity index (χ2n) is 4.19. The zero-order valence-electron chi connectivity index (χ0n) is 10.5. The molecule has 0 aliphatic heterocycles. The van der Waals surface area contributed by atoms with Crippen LogP contribution in [-0.4, -0.2) is 36.8 Å². The van der Waals surface area contributed by atoms with Crippen molar-refractivity contribution >= 4 is 0 Å². The maximum atomic E-state index is 9.27. The zero-order valence-corrected chi connectivity index (χ0v) is 10.5. The number of nitrogens with zero attached hydrogens (tertiary/aromatic N) is 2. The molecule has 0 radical (unpaired) electrons. The molecular weight excluding hydrogens is 216 g/mol. The highest BCUT2D eigenvalue weighted by molar-refractivity contribution is 5.45. The highest BCUT2D eigenvalue weighted by Gasteiger charge is 2.07. The van der Waals surface area contributed by atoms with Gasteiger partial charge in [0.25, 0.3) is 0 Å². The summed E-state index contributed by atoms with van der Waals surface area (Å²) in [4.78, 5) is 2.02. The van der Waals surface area contributed by atoms with Crippen LogP contribution in [0.1, 0.15) is 18.1 Å². The third-order valence-corrected chi connectivity index (χ3v) is 2.41. The molecule has 0 heterocycles. The van der Waals surface area contributed by atoms with Crippen molar-refractivity contribution in [2.24, 2.45) is 0 Å². The Bertz CT molecular complexity index is 410. The van der Waals surface area contributed by atoms with Crippen LogP contribution in [0.3, 0.4) is 0 Å². The Morgan fingerprint density at radius 2 is 2.24 bits per heavy atom. The van der Waals surface area contributed by atoms with E-state index in [4.69, 9.17) is 10.00 Å². The van der Waals surface area contributed by atoms with Crippen LogP contribution in [0, 0.1) is 11.3 Å². The predicted octanol–water partition coefficient (Wildman–Crippen LogP) is 1.38. The van der Waals surface area contributed by atoms with Crippen molar-refractivity contribution in [2.75, 3.05) is 20.7 Å². The van der Waals surface area contributed by atoms with Gasteiger partial charge in [0.1, 0.15) is 11.8 Å². The minimum atomic E-state index is -0.347. The average Bonchev–Trinajstić information content (AvgIpc) is 2.27. The molecule has 0 amide bonds. The van der Waals surface area contributed by atoms with Crippen molar-refractivity contribution in [1.29, 1.82) is 5.26 Å². The van der Waals surface area contributed by atoms with E-state index in [1.807, 2.05) is 24.1 Å². The summed E-state index contributed by atoms with van der Waals surface area (Å²) in [5, 5.41) is 18.1. The summed E-state index contributed by atoms with van der Waals surface area (Å²) in [6.07, 6.45) is -0.347. The van der Waals surface area contributed by atoms with Crippen molar-refractivity contribution < 1.29 is 9.84 Å². The van der Waals surface area contributed by atoms with E-state index >= 15 is 0 Å². The van der Waals surface area contributed by atoms with E-state index in [0.717, 1.165) is 5.56 Å². The molecule has 0 saturated carbocycles. The lowest BCUT2D eigenvalue weighted by atomic mass is 10.1. The largest absolute Gasteiger partial charge is 0.495 e. The third-order valence-electron chi connectivity index (χ3n) is 2.41. The average molecular weight is 234 g/mol. The smallest absolute Gasteiger partial charge is 0.136 e. The molecule has 1 N–H and O–H groups in total. The second kappa shape index (κ2) is 6.24. The number of methoxy groups -OCH3 is 1. The molecule has 0 aliphatic rings. The quantitative estimate of drug-likeness (QED) is 0.836. The van der Waals surface area contributed by atoms with E-state index in [2.05, 4.69) is 6.07 Å². The number of aliphatic hydroxyl groups excluding tert-OH is 1. The molecule has 0 saturated heterocycles. The minimum absolute atomic E-state index is 0.347. The van der Waals surface area contributed by atoms with Gasteiger partial charge in [0.15, 0.2) is 0 Å². The van der Waals surface area contributed by atoms with Gasteiger partial charge in [0.2, 0.25) is 0 Å². The van der Waals surface area contributed by atoms with Crippen LogP contribution in [0.25, 0.3) is 0 Å². The van der Waals surface area contributed by atoms with E-state index in [1.165, 1.54) is 0 Å². The predicted molar refractivity (Wildman–Crippen MR) is 65.7 cm³/mol. The summed E-state index contributed by atoms with van der Waals surface area (Å²) in [5.41, 5.74) is 1.60. The molecule has 1 rings (SSSR count). The van der Waals surface area contributed by atoms with Crippen molar-refractivity contribution in [3.8, 4) is 11.8 Å². The maximum absolute atomic E-state index is 9.27. The minimum Gasteiger partial charge on any atom is -0.495 e. The van der Waals surface area contributed by atoms with Gasteiger partial charge >= 0.3 is 0 Å². The van der Waals surface area contributed by atoms with Gasteiger partial charge in [-0.3, -0.25) is 4.90 Å². The first-order valence-electron chi connectivity index (χ1n) is 5.50. The van der Waals surface area contributed by atoms with E-state index in [-0.39, 0.29) is 6.10 Å². The first-order chi connectivity index (χ1) is 8.06. The van der Waals surface area contributed by atoms with Gasteiger partial charge in [0, 0.05) is 13.1 Å². The van der Waals surface area contributed by atoms with Crippen LogP contribution in [0.5, 0.6) is 5.75 Å². The highest BCUT2D eigenvalue weighted by atomic mass is 16.5. The fraction of sp³-hybridized carbons (Fsp3) is 0.462. The lowest BCUT2D eigenvalue weighted by Gasteiger charge is -2.18. The number of likely N-dealkylation sites (N-methyl/N-ethyl adjacent to an activating group) is 1. The van der Waals surface area contributed by atoms with Crippen LogP contribution in [0.4, 0.5) is 0 Å². The lowest BCUT2D eigenvalue weighted by Crippen LogP contribution is -2.26. The summed E-state index contributed by atoms with van der Waals surface area (Å²) in [6.45, 7) is 3.09. The van der Waals surface area contributed by atoms with Crippen LogP contribution in [0.2, 0.25) is 0 Å². The molecule has 17 heavy (non-hydrogen) atoms. The molecule has 0 aromatic heterocycles. The van der Waals surface area contributed by atoms with Crippen LogP contribution < -0.4 is 4.74 Å². The van der Waals surface area contributed by atoms with Gasteiger partial charge in [-0.05, 0) is 31.7 Å². The Balaban J connectivity index is 2.76. The molecule has 0 fully saturated rings. The topological polar surface area (TPSA) is 56.5 Å². The number of aliphatic hydroxyl groups is 1. The third kappa shape index (κ3) is 4.06. The lowest BCUT2D eigenvalue weighted by molar-refractivity contribution is 0.138. The molecule has 92 valence electrons. The number of benzene rings is 1. The normalized spacial score (nSPS) is 12.2. The number of nitriles is 1. The SMILES string of the molecule is COc1cc(CN(C)CC(C)O)ccc1C#N. The summed E-state index contributed by atoms with van der Waals surface area (Å²) >= 11 is 0. The molecule has 1 atom stereocenters. The molecular formula is C13H18N2O2. The summed E-state index contributed by atoms with van der Waals surface area (Å²) in [5.74, 6) is 0.593. The molecule has 0 bridgehead atoms. The maximum Gasteiger partial charge on any atom is 0.136 e. The number of hydrogen-bond acceptors (Lipinski definition) is 4. The molecule has 4 heteroatoms. The van der Waals surface area contributed by atoms with Gasteiger partial charge < -0.3 is 9.84 Å². The fourth-order valence-corrected chi connectivity index (χ4v) is 1.75. The summed E-state index contributed by atoms with van der Waals surface area (Å²) in [7, 11) is 3.50. The number of hydrogen-bond donors (Lipinski definition) is 1. The highest BCUT2D eigenvalue weighted by Crippen LogP contribution is 2.19. The van der Waals surface area contributed by atoms with Gasteiger partial charge in [-0.2, -0.15) is 5.26 Å².